The summed E-state index contributed by atoms with van der Waals surface area (Å²) in [4.78, 5) is 28.4. The molecule has 0 radical (unpaired) electrons. The molecule has 1 amide bonds. The number of aromatic nitrogens is 6. The monoisotopic (exact) mass is 387 g/mol. The van der Waals surface area contributed by atoms with E-state index < -0.39 is 0 Å². The van der Waals surface area contributed by atoms with E-state index in [1.807, 2.05) is 30.3 Å². The van der Waals surface area contributed by atoms with Crippen LogP contribution in [0.3, 0.4) is 0 Å². The van der Waals surface area contributed by atoms with Crippen molar-refractivity contribution in [3.05, 3.63) is 73.7 Å². The van der Waals surface area contributed by atoms with Crippen molar-refractivity contribution in [2.75, 3.05) is 16.0 Å². The third-order valence-corrected chi connectivity index (χ3v) is 3.80. The van der Waals surface area contributed by atoms with Gasteiger partial charge in [-0.1, -0.05) is 6.07 Å². The fourth-order valence-corrected chi connectivity index (χ4v) is 2.51. The third kappa shape index (κ3) is 5.10. The molecule has 0 saturated heterocycles. The summed E-state index contributed by atoms with van der Waals surface area (Å²) in [6, 6.07) is 14.7. The summed E-state index contributed by atoms with van der Waals surface area (Å²) in [5.41, 5.74) is 1.50. The second kappa shape index (κ2) is 8.57. The van der Waals surface area contributed by atoms with Crippen LogP contribution < -0.4 is 16.0 Å². The number of benzene rings is 1. The number of nitrogens with one attached hydrogen (secondary N) is 3. The van der Waals surface area contributed by atoms with Crippen molar-refractivity contribution in [2.24, 2.45) is 0 Å². The highest BCUT2D eigenvalue weighted by molar-refractivity contribution is 5.90. The van der Waals surface area contributed by atoms with Gasteiger partial charge in [-0.15, -0.1) is 0 Å². The van der Waals surface area contributed by atoms with Crippen molar-refractivity contribution >= 4 is 34.7 Å². The molecule has 4 aromatic rings. The van der Waals surface area contributed by atoms with Crippen molar-refractivity contribution in [1.29, 1.82) is 0 Å². The molecule has 10 nitrogen and oxygen atoms in total. The lowest BCUT2D eigenvalue weighted by Gasteiger charge is -2.09. The molecule has 0 unspecified atom stereocenters. The molecule has 3 N–H and O–H groups in total. The maximum Gasteiger partial charge on any atom is 0.246 e. The highest BCUT2D eigenvalue weighted by Crippen LogP contribution is 2.20. The van der Waals surface area contributed by atoms with Gasteiger partial charge in [0, 0.05) is 23.6 Å². The molecule has 0 saturated carbocycles. The smallest absolute Gasteiger partial charge is 0.246 e. The number of pyridine rings is 1. The van der Waals surface area contributed by atoms with Gasteiger partial charge in [0.15, 0.2) is 0 Å². The first-order valence-corrected chi connectivity index (χ1v) is 8.74. The van der Waals surface area contributed by atoms with Gasteiger partial charge in [-0.05, 0) is 36.4 Å². The number of hydrogen-bond acceptors (Lipinski definition) is 8. The predicted molar refractivity (Wildman–Crippen MR) is 108 cm³/mol. The minimum absolute atomic E-state index is 0.104. The van der Waals surface area contributed by atoms with Gasteiger partial charge in [-0.3, -0.25) is 4.79 Å². The SMILES string of the molecule is O=C(Cn1cncn1)Nc1ccc(Nc2cc(Nc3ccccn3)ncn2)cc1. The Bertz CT molecular complexity index is 1070. The van der Waals surface area contributed by atoms with E-state index in [1.165, 1.54) is 23.7 Å². The summed E-state index contributed by atoms with van der Waals surface area (Å²) in [5.74, 6) is 1.76. The Balaban J connectivity index is 1.36. The lowest BCUT2D eigenvalue weighted by molar-refractivity contribution is -0.116. The first-order chi connectivity index (χ1) is 14.2. The summed E-state index contributed by atoms with van der Waals surface area (Å²) in [5, 5.41) is 13.0. The average molecular weight is 387 g/mol. The normalized spacial score (nSPS) is 10.3. The average Bonchev–Trinajstić information content (AvgIpc) is 3.23. The van der Waals surface area contributed by atoms with E-state index in [0.717, 1.165) is 5.69 Å². The van der Waals surface area contributed by atoms with Crippen LogP contribution in [0.4, 0.5) is 28.8 Å². The Labute approximate surface area is 166 Å². The quantitative estimate of drug-likeness (QED) is 0.442. The van der Waals surface area contributed by atoms with E-state index in [2.05, 4.69) is 41.0 Å². The molecule has 29 heavy (non-hydrogen) atoms. The summed E-state index contributed by atoms with van der Waals surface area (Å²) < 4.78 is 1.46. The molecule has 4 rings (SSSR count). The fraction of sp³-hybridized carbons (Fsp3) is 0.0526. The molecule has 0 aliphatic rings. The summed E-state index contributed by atoms with van der Waals surface area (Å²) in [6.45, 7) is 0.104. The van der Waals surface area contributed by atoms with Gasteiger partial charge in [0.25, 0.3) is 0 Å². The van der Waals surface area contributed by atoms with Gasteiger partial charge in [0.05, 0.1) is 0 Å². The van der Waals surface area contributed by atoms with Crippen LogP contribution in [0.2, 0.25) is 0 Å². The summed E-state index contributed by atoms with van der Waals surface area (Å²) >= 11 is 0. The van der Waals surface area contributed by atoms with Gasteiger partial charge in [-0.2, -0.15) is 5.10 Å². The molecule has 0 atom stereocenters. The van der Waals surface area contributed by atoms with Crippen LogP contribution in [0.5, 0.6) is 0 Å². The van der Waals surface area contributed by atoms with E-state index in [0.29, 0.717) is 23.1 Å². The molecule has 0 aliphatic heterocycles. The second-order valence-corrected chi connectivity index (χ2v) is 5.97. The number of amides is 1. The van der Waals surface area contributed by atoms with E-state index >= 15 is 0 Å². The molecular formula is C19H17N9O. The lowest BCUT2D eigenvalue weighted by atomic mass is 10.2. The Morgan fingerprint density at radius 3 is 2.38 bits per heavy atom. The number of carbonyl (C=O) groups excluding carboxylic acids is 1. The van der Waals surface area contributed by atoms with Crippen molar-refractivity contribution < 1.29 is 4.79 Å². The Morgan fingerprint density at radius 1 is 0.862 bits per heavy atom. The van der Waals surface area contributed by atoms with E-state index in [-0.39, 0.29) is 12.5 Å². The van der Waals surface area contributed by atoms with Crippen LogP contribution in [0, 0.1) is 0 Å². The number of rotatable bonds is 7. The number of nitrogens with zero attached hydrogens (tertiary/aromatic N) is 6. The van der Waals surface area contributed by atoms with Crippen LogP contribution in [0.1, 0.15) is 0 Å². The van der Waals surface area contributed by atoms with Crippen LogP contribution in [0.25, 0.3) is 0 Å². The maximum absolute atomic E-state index is 12.0. The zero-order valence-electron chi connectivity index (χ0n) is 15.2. The topological polar surface area (TPSA) is 123 Å². The lowest BCUT2D eigenvalue weighted by Crippen LogP contribution is -2.18. The molecule has 0 bridgehead atoms. The van der Waals surface area contributed by atoms with Crippen molar-refractivity contribution in [3.63, 3.8) is 0 Å². The summed E-state index contributed by atoms with van der Waals surface area (Å²) in [7, 11) is 0. The molecule has 3 aromatic heterocycles. The highest BCUT2D eigenvalue weighted by atomic mass is 16.2. The van der Waals surface area contributed by atoms with Crippen molar-refractivity contribution in [1.82, 2.24) is 29.7 Å². The molecule has 0 fully saturated rings. The minimum Gasteiger partial charge on any atom is -0.340 e. The third-order valence-electron chi connectivity index (χ3n) is 3.80. The molecule has 1 aromatic carbocycles. The zero-order valence-corrected chi connectivity index (χ0v) is 15.2. The van der Waals surface area contributed by atoms with Gasteiger partial charge >= 0.3 is 0 Å². The number of anilines is 5. The number of carbonyl (C=O) groups is 1. The molecule has 0 aliphatic carbocycles. The van der Waals surface area contributed by atoms with Gasteiger partial charge in [-0.25, -0.2) is 24.6 Å². The summed E-state index contributed by atoms with van der Waals surface area (Å²) in [6.07, 6.45) is 6.05. The zero-order chi connectivity index (χ0) is 19.9. The van der Waals surface area contributed by atoms with Crippen LogP contribution in [0.15, 0.2) is 73.7 Å². The predicted octanol–water partition coefficient (Wildman–Crippen LogP) is 2.59. The van der Waals surface area contributed by atoms with Gasteiger partial charge in [0.1, 0.15) is 43.0 Å². The Hall–Kier alpha value is -4.34. The second-order valence-electron chi connectivity index (χ2n) is 5.97. The molecule has 0 spiro atoms. The number of hydrogen-bond donors (Lipinski definition) is 3. The largest absolute Gasteiger partial charge is 0.340 e. The van der Waals surface area contributed by atoms with Crippen LogP contribution >= 0.6 is 0 Å². The Kier molecular flexibility index (Phi) is 5.33. The molecular weight excluding hydrogens is 370 g/mol. The Morgan fingerprint density at radius 2 is 1.66 bits per heavy atom. The standard InChI is InChI=1S/C19H17N9O/c29-19(10-28-13-20-11-24-28)26-15-6-4-14(5-7-15)25-17-9-18(23-12-22-17)27-16-3-1-2-8-21-16/h1-9,11-13H,10H2,(H,26,29)(H2,21,22,23,25,27). The molecule has 3 heterocycles. The maximum atomic E-state index is 12.0. The van der Waals surface area contributed by atoms with Gasteiger partial charge < -0.3 is 16.0 Å². The minimum atomic E-state index is -0.183. The first kappa shape index (κ1) is 18.0. The highest BCUT2D eigenvalue weighted by Gasteiger charge is 2.05. The van der Waals surface area contributed by atoms with Gasteiger partial charge in [0.2, 0.25) is 5.91 Å². The van der Waals surface area contributed by atoms with Crippen LogP contribution in [-0.4, -0.2) is 35.6 Å². The van der Waals surface area contributed by atoms with E-state index in [1.54, 1.807) is 24.4 Å². The van der Waals surface area contributed by atoms with E-state index in [9.17, 15) is 4.79 Å². The van der Waals surface area contributed by atoms with E-state index in [4.69, 9.17) is 0 Å². The van der Waals surface area contributed by atoms with Crippen molar-refractivity contribution in [2.45, 2.75) is 6.54 Å². The molecule has 144 valence electrons. The fourth-order valence-electron chi connectivity index (χ4n) is 2.51. The van der Waals surface area contributed by atoms with Crippen LogP contribution in [-0.2, 0) is 11.3 Å². The van der Waals surface area contributed by atoms with Crippen molar-refractivity contribution in [3.8, 4) is 0 Å². The first-order valence-electron chi connectivity index (χ1n) is 8.74. The molecule has 10 heteroatoms.